The summed E-state index contributed by atoms with van der Waals surface area (Å²) in [7, 11) is 1.30. The Labute approximate surface area is 216 Å². The molecule has 1 aromatic carbocycles. The molecule has 3 heterocycles. The van der Waals surface area contributed by atoms with Crippen LogP contribution in [0.25, 0.3) is 6.08 Å². The molecule has 2 amide bonds. The van der Waals surface area contributed by atoms with Gasteiger partial charge < -0.3 is 20.6 Å². The molecule has 1 unspecified atom stereocenters. The van der Waals surface area contributed by atoms with E-state index in [0.29, 0.717) is 5.75 Å². The van der Waals surface area contributed by atoms with Gasteiger partial charge >= 0.3 is 5.97 Å². The van der Waals surface area contributed by atoms with Gasteiger partial charge in [0.05, 0.1) is 0 Å². The van der Waals surface area contributed by atoms with Crippen LogP contribution in [0.3, 0.4) is 0 Å². The number of oxime groups is 1. The molecule has 4 rings (SSSR count). The minimum Gasteiger partial charge on any atom is -0.457 e. The van der Waals surface area contributed by atoms with Crippen LogP contribution in [0.15, 0.2) is 52.1 Å². The number of esters is 1. The molecular formula is C24H25N5O5S2. The predicted octanol–water partition coefficient (Wildman–Crippen LogP) is 2.31. The standard InChI is InChI=1S/C24H25N5O5S2/c1-13-4-6-15(7-5-13)10-14(2)11-34-23(32)17-8-9-35-22-19(21(31)29(17)22)27-20(30)18(28-33-3)16-12-36-24(25)26-16/h4-8,10,12,19,22H,9,11H2,1-3H3,(H2,25,26)(H,27,30)/t19?,22-/m0/s1. The van der Waals surface area contributed by atoms with Crippen LogP contribution in [0.4, 0.5) is 5.13 Å². The summed E-state index contributed by atoms with van der Waals surface area (Å²) in [5.41, 5.74) is 9.02. The highest BCUT2D eigenvalue weighted by molar-refractivity contribution is 8.00. The molecule has 1 fully saturated rings. The van der Waals surface area contributed by atoms with Gasteiger partial charge in [0.1, 0.15) is 36.5 Å². The first-order valence-electron chi connectivity index (χ1n) is 11.0. The van der Waals surface area contributed by atoms with Gasteiger partial charge in [0, 0.05) is 11.1 Å². The maximum Gasteiger partial charge on any atom is 0.355 e. The Balaban J connectivity index is 1.37. The topological polar surface area (TPSA) is 136 Å². The van der Waals surface area contributed by atoms with Crippen LogP contribution in [0.2, 0.25) is 0 Å². The lowest BCUT2D eigenvalue weighted by Gasteiger charge is -2.48. The maximum atomic E-state index is 12.9. The number of β-lactam (4-membered cyclic amide) rings is 1. The summed E-state index contributed by atoms with van der Waals surface area (Å²) in [6.45, 7) is 3.98. The zero-order chi connectivity index (χ0) is 25.8. The third-order valence-electron chi connectivity index (χ3n) is 5.43. The number of anilines is 1. The normalized spacial score (nSPS) is 19.7. The average Bonchev–Trinajstić information content (AvgIpc) is 3.30. The minimum atomic E-state index is -0.833. The number of ether oxygens (including phenoxy) is 1. The van der Waals surface area contributed by atoms with Crippen molar-refractivity contribution in [1.82, 2.24) is 15.2 Å². The Morgan fingerprint density at radius 2 is 2.08 bits per heavy atom. The van der Waals surface area contributed by atoms with Gasteiger partial charge in [-0.3, -0.25) is 14.5 Å². The lowest BCUT2D eigenvalue weighted by atomic mass is 10.0. The maximum absolute atomic E-state index is 12.9. The van der Waals surface area contributed by atoms with E-state index in [4.69, 9.17) is 15.3 Å². The van der Waals surface area contributed by atoms with Crippen LogP contribution < -0.4 is 11.1 Å². The van der Waals surface area contributed by atoms with Crippen molar-refractivity contribution >= 4 is 57.8 Å². The van der Waals surface area contributed by atoms with E-state index in [-0.39, 0.29) is 28.8 Å². The highest BCUT2D eigenvalue weighted by Crippen LogP contribution is 2.38. The van der Waals surface area contributed by atoms with E-state index in [2.05, 4.69) is 15.5 Å². The predicted molar refractivity (Wildman–Crippen MR) is 139 cm³/mol. The van der Waals surface area contributed by atoms with Crippen molar-refractivity contribution in [2.24, 2.45) is 5.16 Å². The molecule has 0 spiro atoms. The molecule has 0 bridgehead atoms. The van der Waals surface area contributed by atoms with Crippen LogP contribution in [0.5, 0.6) is 0 Å². The number of nitrogens with zero attached hydrogens (tertiary/aromatic N) is 3. The highest BCUT2D eigenvalue weighted by atomic mass is 32.2. The van der Waals surface area contributed by atoms with Crippen LogP contribution in [-0.2, 0) is 24.0 Å². The first-order chi connectivity index (χ1) is 17.3. The van der Waals surface area contributed by atoms with Crippen LogP contribution in [-0.4, -0.2) is 64.3 Å². The number of carbonyl (C=O) groups excluding carboxylic acids is 3. The molecular weight excluding hydrogens is 502 g/mol. The van der Waals surface area contributed by atoms with E-state index in [1.807, 2.05) is 44.2 Å². The fourth-order valence-corrected chi connectivity index (χ4v) is 5.42. The molecule has 2 aliphatic rings. The number of rotatable bonds is 8. The Hall–Kier alpha value is -3.64. The van der Waals surface area contributed by atoms with Crippen molar-refractivity contribution in [2.45, 2.75) is 25.3 Å². The van der Waals surface area contributed by atoms with Gasteiger partial charge in [-0.2, -0.15) is 0 Å². The Kier molecular flexibility index (Phi) is 7.75. The zero-order valence-electron chi connectivity index (χ0n) is 19.9. The molecule has 2 aliphatic heterocycles. The number of nitrogen functional groups attached to an aromatic ring is 1. The van der Waals surface area contributed by atoms with Crippen molar-refractivity contribution in [3.63, 3.8) is 0 Å². The number of amides is 2. The first kappa shape index (κ1) is 25.5. The smallest absolute Gasteiger partial charge is 0.355 e. The van der Waals surface area contributed by atoms with Crippen LogP contribution in [0.1, 0.15) is 23.7 Å². The van der Waals surface area contributed by atoms with E-state index < -0.39 is 29.2 Å². The summed E-state index contributed by atoms with van der Waals surface area (Å²) in [5.74, 6) is -1.14. The molecule has 12 heteroatoms. The minimum absolute atomic E-state index is 0.0940. The van der Waals surface area contributed by atoms with E-state index in [1.165, 1.54) is 23.8 Å². The summed E-state index contributed by atoms with van der Waals surface area (Å²) in [6.07, 6.45) is 3.60. The van der Waals surface area contributed by atoms with E-state index in [1.54, 1.807) is 11.5 Å². The number of nitrogens with one attached hydrogen (secondary N) is 1. The molecule has 0 aliphatic carbocycles. The summed E-state index contributed by atoms with van der Waals surface area (Å²) < 4.78 is 5.47. The fraction of sp³-hybridized carbons (Fsp3) is 0.292. The van der Waals surface area contributed by atoms with Gasteiger partial charge in [0.25, 0.3) is 11.8 Å². The van der Waals surface area contributed by atoms with E-state index >= 15 is 0 Å². The second-order valence-electron chi connectivity index (χ2n) is 8.14. The van der Waals surface area contributed by atoms with Crippen molar-refractivity contribution in [3.05, 3.63) is 63.8 Å². The molecule has 0 saturated carbocycles. The molecule has 2 aromatic rings. The number of nitrogens with two attached hydrogens (primary N) is 1. The highest BCUT2D eigenvalue weighted by Gasteiger charge is 2.53. The lowest BCUT2D eigenvalue weighted by molar-refractivity contribution is -0.152. The van der Waals surface area contributed by atoms with E-state index in [0.717, 1.165) is 28.0 Å². The summed E-state index contributed by atoms with van der Waals surface area (Å²) in [6, 6.07) is 7.17. The van der Waals surface area contributed by atoms with Crippen molar-refractivity contribution in [1.29, 1.82) is 0 Å². The molecule has 0 radical (unpaired) electrons. The Bertz CT molecular complexity index is 1270. The zero-order valence-corrected chi connectivity index (χ0v) is 21.5. The lowest BCUT2D eigenvalue weighted by Crippen LogP contribution is -2.70. The summed E-state index contributed by atoms with van der Waals surface area (Å²) in [5, 5.41) is 7.81. The van der Waals surface area contributed by atoms with Gasteiger partial charge in [-0.05, 0) is 31.1 Å². The van der Waals surface area contributed by atoms with Gasteiger partial charge in [-0.15, -0.1) is 23.1 Å². The number of hydrogen-bond donors (Lipinski definition) is 2. The molecule has 1 saturated heterocycles. The fourth-order valence-electron chi connectivity index (χ4n) is 3.67. The largest absolute Gasteiger partial charge is 0.457 e. The van der Waals surface area contributed by atoms with Crippen LogP contribution in [0, 0.1) is 6.92 Å². The number of carbonyl (C=O) groups is 3. The van der Waals surface area contributed by atoms with Crippen molar-refractivity contribution in [3.8, 4) is 0 Å². The second-order valence-corrected chi connectivity index (χ2v) is 10.2. The van der Waals surface area contributed by atoms with Gasteiger partial charge in [0.15, 0.2) is 10.8 Å². The van der Waals surface area contributed by atoms with Gasteiger partial charge in [0.2, 0.25) is 0 Å². The first-order valence-corrected chi connectivity index (χ1v) is 12.9. The van der Waals surface area contributed by atoms with Crippen molar-refractivity contribution < 1.29 is 24.0 Å². The third-order valence-corrected chi connectivity index (χ3v) is 7.28. The summed E-state index contributed by atoms with van der Waals surface area (Å²) in [4.78, 5) is 48.7. The second kappa shape index (κ2) is 11.0. The SMILES string of the molecule is CON=C(C(=O)NC1C(=O)N2C(C(=O)OCC(C)=Cc3ccc(C)cc3)=CCS[C@@H]12)c1csc(N)n1. The average molecular weight is 528 g/mol. The molecule has 36 heavy (non-hydrogen) atoms. The number of benzene rings is 1. The molecule has 3 N–H and O–H groups in total. The van der Waals surface area contributed by atoms with E-state index in [9.17, 15) is 14.4 Å². The molecule has 1 aromatic heterocycles. The molecule has 188 valence electrons. The van der Waals surface area contributed by atoms with Gasteiger partial charge in [-0.1, -0.05) is 41.1 Å². The number of aryl methyl sites for hydroxylation is 1. The number of aromatic nitrogens is 1. The van der Waals surface area contributed by atoms with Gasteiger partial charge in [-0.25, -0.2) is 9.78 Å². The number of thioether (sulfide) groups is 1. The molecule has 10 nitrogen and oxygen atoms in total. The molecule has 2 atom stereocenters. The monoisotopic (exact) mass is 527 g/mol. The number of thiazole rings is 1. The summed E-state index contributed by atoms with van der Waals surface area (Å²) >= 11 is 2.58. The van der Waals surface area contributed by atoms with Crippen molar-refractivity contribution in [2.75, 3.05) is 25.2 Å². The quantitative estimate of drug-likeness (QED) is 0.231. The van der Waals surface area contributed by atoms with Crippen LogP contribution >= 0.6 is 23.1 Å². The Morgan fingerprint density at radius 3 is 2.75 bits per heavy atom. The number of hydrogen-bond acceptors (Lipinski definition) is 10. The third kappa shape index (κ3) is 5.44. The number of fused-ring (bicyclic) bond motifs is 1. The Morgan fingerprint density at radius 1 is 1.33 bits per heavy atom.